The van der Waals surface area contributed by atoms with E-state index in [4.69, 9.17) is 5.39 Å². The second-order valence-electron chi connectivity index (χ2n) is 5.15. The van der Waals surface area contributed by atoms with Gasteiger partial charge in [0.1, 0.15) is 0 Å². The van der Waals surface area contributed by atoms with E-state index in [9.17, 15) is 9.90 Å². The fourth-order valence-corrected chi connectivity index (χ4v) is 2.47. The van der Waals surface area contributed by atoms with Crippen molar-refractivity contribution in [2.24, 2.45) is 0 Å². The molecule has 6 heteroatoms. The van der Waals surface area contributed by atoms with Crippen molar-refractivity contribution >= 4 is 5.69 Å². The molecule has 0 amide bonds. The van der Waals surface area contributed by atoms with Gasteiger partial charge in [-0.25, -0.2) is 4.68 Å². The number of nitrogens with zero attached hydrogens (tertiary/aromatic N) is 4. The summed E-state index contributed by atoms with van der Waals surface area (Å²) in [6.07, 6.45) is 0. The zero-order chi connectivity index (χ0) is 16.2. The lowest BCUT2D eigenvalue weighted by Gasteiger charge is -2.16. The van der Waals surface area contributed by atoms with E-state index in [1.807, 2.05) is 60.7 Å². The molecule has 0 fully saturated rings. The Morgan fingerprint density at radius 1 is 0.870 bits per heavy atom. The monoisotopic (exact) mass is 306 g/mol. The van der Waals surface area contributed by atoms with Gasteiger partial charge in [-0.05, 0) is 11.1 Å². The standard InChI is InChI=1S/C17H14N4O2/c18-19-15-16(22)20(11-13-7-3-1-4-8-13)21(17(15)23)12-14-9-5-2-6-10-14/h1-10H,11-12H2. The zero-order valence-electron chi connectivity index (χ0n) is 12.3. The van der Waals surface area contributed by atoms with Gasteiger partial charge in [-0.15, -0.1) is 0 Å². The van der Waals surface area contributed by atoms with Gasteiger partial charge in [0.05, 0.1) is 19.0 Å². The van der Waals surface area contributed by atoms with Crippen LogP contribution >= 0.6 is 0 Å². The number of diazo groups is 1. The van der Waals surface area contributed by atoms with Crippen molar-refractivity contribution in [2.75, 3.05) is 0 Å². The summed E-state index contributed by atoms with van der Waals surface area (Å²) in [4.78, 5) is 15.2. The van der Waals surface area contributed by atoms with E-state index in [1.54, 1.807) is 0 Å². The SMILES string of the molecule is N#[N+]c1c([O-])n(Cc2ccccc2)n(Cc2ccccc2)c1=O. The third-order valence-electron chi connectivity index (χ3n) is 3.62. The summed E-state index contributed by atoms with van der Waals surface area (Å²) in [7, 11) is 0. The van der Waals surface area contributed by atoms with Gasteiger partial charge in [0, 0.05) is 0 Å². The summed E-state index contributed by atoms with van der Waals surface area (Å²) < 4.78 is 2.61. The number of benzene rings is 2. The number of rotatable bonds is 4. The fraction of sp³-hybridized carbons (Fsp3) is 0.118. The fourth-order valence-electron chi connectivity index (χ4n) is 2.47. The van der Waals surface area contributed by atoms with Crippen molar-refractivity contribution in [3.63, 3.8) is 0 Å². The van der Waals surface area contributed by atoms with Gasteiger partial charge in [-0.2, -0.15) is 0 Å². The van der Waals surface area contributed by atoms with Crippen LogP contribution in [0.15, 0.2) is 65.5 Å². The molecule has 0 bridgehead atoms. The molecule has 0 radical (unpaired) electrons. The molecule has 0 N–H and O–H groups in total. The molecular formula is C17H14N4O2. The topological polar surface area (TPSA) is 78.1 Å². The molecule has 1 heterocycles. The van der Waals surface area contributed by atoms with E-state index in [-0.39, 0.29) is 13.1 Å². The highest BCUT2D eigenvalue weighted by Crippen LogP contribution is 2.21. The first-order chi connectivity index (χ1) is 11.2. The van der Waals surface area contributed by atoms with E-state index in [0.717, 1.165) is 11.1 Å². The van der Waals surface area contributed by atoms with E-state index in [1.165, 1.54) is 9.36 Å². The molecule has 0 aliphatic heterocycles. The number of hydrogen-bond acceptors (Lipinski definition) is 3. The molecule has 0 saturated carbocycles. The van der Waals surface area contributed by atoms with E-state index >= 15 is 0 Å². The lowest BCUT2D eigenvalue weighted by Crippen LogP contribution is -2.24. The van der Waals surface area contributed by atoms with Crippen molar-refractivity contribution in [1.82, 2.24) is 9.36 Å². The molecule has 0 aliphatic rings. The largest absolute Gasteiger partial charge is 0.853 e. The molecule has 3 aromatic rings. The third-order valence-corrected chi connectivity index (χ3v) is 3.62. The predicted octanol–water partition coefficient (Wildman–Crippen LogP) is 2.30. The Bertz CT molecular complexity index is 906. The first-order valence-electron chi connectivity index (χ1n) is 7.14. The Kier molecular flexibility index (Phi) is 3.93. The van der Waals surface area contributed by atoms with Crippen molar-refractivity contribution in [3.05, 3.63) is 87.1 Å². The van der Waals surface area contributed by atoms with Gasteiger partial charge in [-0.1, -0.05) is 60.7 Å². The van der Waals surface area contributed by atoms with Crippen molar-refractivity contribution in [1.29, 1.82) is 5.39 Å². The summed E-state index contributed by atoms with van der Waals surface area (Å²) >= 11 is 0. The number of hydrogen-bond donors (Lipinski definition) is 0. The van der Waals surface area contributed by atoms with Crippen LogP contribution in [0.5, 0.6) is 5.88 Å². The maximum absolute atomic E-state index is 12.3. The maximum atomic E-state index is 12.3. The second-order valence-corrected chi connectivity index (χ2v) is 5.15. The minimum atomic E-state index is -0.600. The van der Waals surface area contributed by atoms with Crippen LogP contribution < -0.4 is 10.7 Å². The minimum Gasteiger partial charge on any atom is -0.853 e. The summed E-state index contributed by atoms with van der Waals surface area (Å²) in [6.45, 7) is 0.467. The summed E-state index contributed by atoms with van der Waals surface area (Å²) in [5.74, 6) is -0.600. The van der Waals surface area contributed by atoms with Gasteiger partial charge >= 0.3 is 11.2 Å². The van der Waals surface area contributed by atoms with E-state index < -0.39 is 17.1 Å². The molecule has 1 aromatic heterocycles. The van der Waals surface area contributed by atoms with Gasteiger partial charge in [0.25, 0.3) is 0 Å². The summed E-state index contributed by atoms with van der Waals surface area (Å²) in [6, 6.07) is 18.7. The smallest absolute Gasteiger partial charge is 0.460 e. The Balaban J connectivity index is 2.07. The van der Waals surface area contributed by atoms with E-state index in [2.05, 4.69) is 4.98 Å². The first kappa shape index (κ1) is 14.6. The Morgan fingerprint density at radius 2 is 1.35 bits per heavy atom. The van der Waals surface area contributed by atoms with Crippen molar-refractivity contribution in [2.45, 2.75) is 13.1 Å². The minimum absolute atomic E-state index is 0.233. The Labute approximate surface area is 132 Å². The van der Waals surface area contributed by atoms with Gasteiger partial charge in [0.15, 0.2) is 4.98 Å². The molecule has 6 nitrogen and oxygen atoms in total. The molecule has 0 atom stereocenters. The second kappa shape index (κ2) is 6.20. The number of aromatic nitrogens is 2. The van der Waals surface area contributed by atoms with Crippen molar-refractivity contribution in [3.8, 4) is 5.88 Å². The van der Waals surface area contributed by atoms with Crippen LogP contribution in [0.4, 0.5) is 5.69 Å². The van der Waals surface area contributed by atoms with Gasteiger partial charge < -0.3 is 5.11 Å². The third kappa shape index (κ3) is 2.85. The van der Waals surface area contributed by atoms with Crippen LogP contribution in [0.2, 0.25) is 0 Å². The molecule has 3 rings (SSSR count). The lowest BCUT2D eigenvalue weighted by atomic mass is 10.2. The van der Waals surface area contributed by atoms with E-state index in [0.29, 0.717) is 0 Å². The Hall–Kier alpha value is -3.33. The zero-order valence-corrected chi connectivity index (χ0v) is 12.3. The molecular weight excluding hydrogens is 292 g/mol. The van der Waals surface area contributed by atoms with Crippen LogP contribution in [-0.2, 0) is 13.1 Å². The quantitative estimate of drug-likeness (QED) is 0.694. The molecule has 0 unspecified atom stereocenters. The maximum Gasteiger partial charge on any atom is 0.460 e. The van der Waals surface area contributed by atoms with Crippen LogP contribution in [0.25, 0.3) is 4.98 Å². The van der Waals surface area contributed by atoms with Gasteiger partial charge in [-0.3, -0.25) is 9.48 Å². The van der Waals surface area contributed by atoms with Crippen LogP contribution in [-0.4, -0.2) is 9.36 Å². The highest BCUT2D eigenvalue weighted by molar-refractivity contribution is 5.51. The normalized spacial score (nSPS) is 10.4. The molecule has 0 spiro atoms. The first-order valence-corrected chi connectivity index (χ1v) is 7.14. The predicted molar refractivity (Wildman–Crippen MR) is 84.0 cm³/mol. The average molecular weight is 306 g/mol. The van der Waals surface area contributed by atoms with Crippen molar-refractivity contribution < 1.29 is 5.11 Å². The van der Waals surface area contributed by atoms with Gasteiger partial charge in [0.2, 0.25) is 5.39 Å². The van der Waals surface area contributed by atoms with Crippen LogP contribution in [0.3, 0.4) is 0 Å². The molecule has 0 aliphatic carbocycles. The van der Waals surface area contributed by atoms with Crippen LogP contribution in [0.1, 0.15) is 11.1 Å². The lowest BCUT2D eigenvalue weighted by molar-refractivity contribution is -0.279. The highest BCUT2D eigenvalue weighted by Gasteiger charge is 2.24. The molecule has 23 heavy (non-hydrogen) atoms. The summed E-state index contributed by atoms with van der Waals surface area (Å²) in [5.41, 5.74) is 0.700. The van der Waals surface area contributed by atoms with Crippen LogP contribution in [0, 0.1) is 5.39 Å². The Morgan fingerprint density at radius 3 is 1.83 bits per heavy atom. The summed E-state index contributed by atoms with van der Waals surface area (Å²) in [5, 5.41) is 21.3. The molecule has 2 aromatic carbocycles. The molecule has 0 saturated heterocycles. The molecule has 114 valence electrons. The average Bonchev–Trinajstić information content (AvgIpc) is 2.80. The highest BCUT2D eigenvalue weighted by atomic mass is 16.3.